The Kier molecular flexibility index (Phi) is 4.35. The molecular formula is C7H13N. The molecule has 0 aliphatic heterocycles. The lowest BCUT2D eigenvalue weighted by atomic mass is 10.1. The van der Waals surface area contributed by atoms with Crippen molar-refractivity contribution in [3.8, 4) is 0 Å². The van der Waals surface area contributed by atoms with Gasteiger partial charge in [-0.1, -0.05) is 20.3 Å². The fraction of sp³-hybridized carbons (Fsp3) is 0.857. The summed E-state index contributed by atoms with van der Waals surface area (Å²) in [7, 11) is 0. The molecule has 1 nitrogen and oxygen atoms in total. The van der Waals surface area contributed by atoms with Crippen LogP contribution in [0.4, 0.5) is 0 Å². The molecule has 0 aliphatic carbocycles. The van der Waals surface area contributed by atoms with Crippen molar-refractivity contribution in [2.24, 2.45) is 5.92 Å². The van der Waals surface area contributed by atoms with Gasteiger partial charge in [0.05, 0.1) is 0 Å². The largest absolute Gasteiger partial charge is 0.317 e. The molecule has 0 aromatic heterocycles. The fourth-order valence-electron chi connectivity index (χ4n) is 0.740. The topological polar surface area (TPSA) is 4.36 Å². The van der Waals surface area contributed by atoms with E-state index < -0.39 is 0 Å². The van der Waals surface area contributed by atoms with Gasteiger partial charge in [-0.3, -0.25) is 0 Å². The highest BCUT2D eigenvalue weighted by atomic mass is 14.6. The molecule has 0 fully saturated rings. The monoisotopic (exact) mass is 111 g/mol. The lowest BCUT2D eigenvalue weighted by Gasteiger charge is -1.97. The molecule has 0 unspecified atom stereocenters. The Hall–Kier alpha value is -0.510. The molecule has 0 saturated carbocycles. The Morgan fingerprint density at radius 2 is 2.25 bits per heavy atom. The van der Waals surface area contributed by atoms with Gasteiger partial charge in [-0.05, 0) is 6.42 Å². The Morgan fingerprint density at radius 1 is 1.62 bits per heavy atom. The summed E-state index contributed by atoms with van der Waals surface area (Å²) in [4.78, 5) is 3.30. The highest BCUT2D eigenvalue weighted by Crippen LogP contribution is 2.03. The van der Waals surface area contributed by atoms with Crippen molar-refractivity contribution in [2.45, 2.75) is 26.7 Å². The van der Waals surface area contributed by atoms with Crippen molar-refractivity contribution in [2.75, 3.05) is 6.54 Å². The zero-order valence-corrected chi connectivity index (χ0v) is 5.65. The van der Waals surface area contributed by atoms with E-state index in [-0.39, 0.29) is 0 Å². The lowest BCUT2D eigenvalue weighted by Crippen LogP contribution is -1.95. The van der Waals surface area contributed by atoms with Gasteiger partial charge in [-0.15, -0.1) is 0 Å². The van der Waals surface area contributed by atoms with Gasteiger partial charge in [0.25, 0.3) is 0 Å². The minimum absolute atomic E-state index is 0.609. The molecule has 0 bridgehead atoms. The molecule has 0 aromatic rings. The van der Waals surface area contributed by atoms with Crippen molar-refractivity contribution >= 4 is 0 Å². The predicted octanol–water partition coefficient (Wildman–Crippen LogP) is 2.34. The van der Waals surface area contributed by atoms with Crippen LogP contribution in [0.15, 0.2) is 0 Å². The molecular weight excluding hydrogens is 98.1 g/mol. The molecule has 0 rings (SSSR count). The first-order valence-electron chi connectivity index (χ1n) is 3.14. The number of rotatable bonds is 3. The molecule has 46 valence electrons. The molecule has 0 amide bonds. The summed E-state index contributed by atoms with van der Waals surface area (Å²) in [5.74, 6) is 0.609. The summed E-state index contributed by atoms with van der Waals surface area (Å²) in [5, 5.41) is 0. The molecule has 1 atom stereocenters. The molecule has 0 spiro atoms. The molecule has 0 heterocycles. The van der Waals surface area contributed by atoms with Crippen molar-refractivity contribution in [1.29, 1.82) is 0 Å². The van der Waals surface area contributed by atoms with Crippen LogP contribution >= 0.6 is 0 Å². The summed E-state index contributed by atoms with van der Waals surface area (Å²) in [6.07, 6.45) is 2.40. The Morgan fingerprint density at radius 3 is 2.62 bits per heavy atom. The normalized spacial score (nSPS) is 12.6. The highest BCUT2D eigenvalue weighted by molar-refractivity contribution is 4.64. The number of hydrogen-bond acceptors (Lipinski definition) is 0. The lowest BCUT2D eigenvalue weighted by molar-refractivity contribution is 0.563. The second-order valence-corrected chi connectivity index (χ2v) is 2.23. The van der Waals surface area contributed by atoms with Crippen molar-refractivity contribution in [1.82, 2.24) is 0 Å². The minimum Gasteiger partial charge on any atom is -0.317 e. The Balaban J connectivity index is 3.08. The molecule has 1 heteroatoms. The first-order valence-corrected chi connectivity index (χ1v) is 3.14. The van der Waals surface area contributed by atoms with E-state index in [1.807, 2.05) is 0 Å². The van der Waals surface area contributed by atoms with Crippen molar-refractivity contribution in [3.05, 3.63) is 11.4 Å². The van der Waals surface area contributed by atoms with E-state index in [0.29, 0.717) is 12.5 Å². The standard InChI is InChI=1S/C7H13N/c1-4-5-7(2)6-8-3/h7H,4-6H2,1-2H3/t7-/m0/s1. The summed E-state index contributed by atoms with van der Waals surface area (Å²) >= 11 is 0. The number of hydrogen-bond donors (Lipinski definition) is 0. The van der Waals surface area contributed by atoms with E-state index in [2.05, 4.69) is 18.7 Å². The van der Waals surface area contributed by atoms with Gasteiger partial charge in [0, 0.05) is 5.92 Å². The smallest absolute Gasteiger partial charge is 0.217 e. The maximum Gasteiger partial charge on any atom is 0.217 e. The molecule has 8 heavy (non-hydrogen) atoms. The third-order valence-electron chi connectivity index (χ3n) is 1.18. The van der Waals surface area contributed by atoms with Crippen molar-refractivity contribution in [3.63, 3.8) is 0 Å². The predicted molar refractivity (Wildman–Crippen MR) is 35.5 cm³/mol. The summed E-state index contributed by atoms with van der Waals surface area (Å²) in [5.41, 5.74) is 0. The average molecular weight is 111 g/mol. The van der Waals surface area contributed by atoms with Crippen LogP contribution in [0.1, 0.15) is 26.7 Å². The molecule has 0 saturated heterocycles. The van der Waals surface area contributed by atoms with Crippen LogP contribution in [0.5, 0.6) is 0 Å². The second kappa shape index (κ2) is 4.64. The molecule has 0 radical (unpaired) electrons. The van der Waals surface area contributed by atoms with Crippen LogP contribution in [0.3, 0.4) is 0 Å². The van der Waals surface area contributed by atoms with Crippen LogP contribution in [-0.4, -0.2) is 6.54 Å². The van der Waals surface area contributed by atoms with Gasteiger partial charge in [-0.25, -0.2) is 6.57 Å². The van der Waals surface area contributed by atoms with Gasteiger partial charge in [0.15, 0.2) is 0 Å². The third kappa shape index (κ3) is 3.67. The maximum atomic E-state index is 6.54. The van der Waals surface area contributed by atoms with E-state index in [1.54, 1.807) is 0 Å². The second-order valence-electron chi connectivity index (χ2n) is 2.23. The van der Waals surface area contributed by atoms with Gasteiger partial charge in [0.1, 0.15) is 0 Å². The Bertz CT molecular complexity index is 80.9. The SMILES string of the molecule is [C-]#[N+]C[C@@H](C)CCC. The van der Waals surface area contributed by atoms with Gasteiger partial charge >= 0.3 is 0 Å². The first-order chi connectivity index (χ1) is 3.81. The van der Waals surface area contributed by atoms with Gasteiger partial charge < -0.3 is 4.85 Å². The summed E-state index contributed by atoms with van der Waals surface area (Å²) < 4.78 is 0. The minimum atomic E-state index is 0.609. The maximum absolute atomic E-state index is 6.54. The first kappa shape index (κ1) is 7.49. The van der Waals surface area contributed by atoms with Crippen LogP contribution in [0.25, 0.3) is 4.85 Å². The Labute approximate surface area is 51.5 Å². The zero-order valence-electron chi connectivity index (χ0n) is 5.65. The average Bonchev–Trinajstić information content (AvgIpc) is 1.68. The molecule has 0 aliphatic rings. The van der Waals surface area contributed by atoms with Crippen LogP contribution in [0.2, 0.25) is 0 Å². The fourth-order valence-corrected chi connectivity index (χ4v) is 0.740. The van der Waals surface area contributed by atoms with Crippen LogP contribution in [0, 0.1) is 12.5 Å². The van der Waals surface area contributed by atoms with E-state index in [0.717, 1.165) is 0 Å². The van der Waals surface area contributed by atoms with Gasteiger partial charge in [0.2, 0.25) is 6.54 Å². The van der Waals surface area contributed by atoms with Gasteiger partial charge in [-0.2, -0.15) is 0 Å². The van der Waals surface area contributed by atoms with E-state index >= 15 is 0 Å². The van der Waals surface area contributed by atoms with Crippen molar-refractivity contribution < 1.29 is 0 Å². The van der Waals surface area contributed by atoms with E-state index in [4.69, 9.17) is 6.57 Å². The quantitative estimate of drug-likeness (QED) is 0.492. The zero-order chi connectivity index (χ0) is 6.41. The highest BCUT2D eigenvalue weighted by Gasteiger charge is 2.00. The molecule has 0 N–H and O–H groups in total. The number of nitrogens with zero attached hydrogens (tertiary/aromatic N) is 1. The third-order valence-corrected chi connectivity index (χ3v) is 1.18. The van der Waals surface area contributed by atoms with E-state index in [9.17, 15) is 0 Å². The summed E-state index contributed by atoms with van der Waals surface area (Å²) in [6, 6.07) is 0. The van der Waals surface area contributed by atoms with Crippen LogP contribution in [-0.2, 0) is 0 Å². The van der Waals surface area contributed by atoms with E-state index in [1.165, 1.54) is 12.8 Å². The van der Waals surface area contributed by atoms with Crippen LogP contribution < -0.4 is 0 Å². The molecule has 0 aromatic carbocycles. The summed E-state index contributed by atoms with van der Waals surface area (Å²) in [6.45, 7) is 11.5.